The molecule has 0 saturated heterocycles. The van der Waals surface area contributed by atoms with Crippen LogP contribution < -0.4 is 0 Å². The van der Waals surface area contributed by atoms with Crippen molar-refractivity contribution in [1.29, 1.82) is 0 Å². The van der Waals surface area contributed by atoms with Crippen molar-refractivity contribution in [2.45, 2.75) is 16.7 Å². The molecule has 0 atom stereocenters. The van der Waals surface area contributed by atoms with Crippen molar-refractivity contribution in [3.63, 3.8) is 0 Å². The number of hydrogen-bond donors (Lipinski definition) is 0. The Labute approximate surface area is 161 Å². The van der Waals surface area contributed by atoms with E-state index < -0.39 is 10.5 Å². The van der Waals surface area contributed by atoms with Crippen molar-refractivity contribution < 1.29 is 9.53 Å². The molecular weight excluding hydrogens is 354 g/mol. The third-order valence-corrected chi connectivity index (χ3v) is 6.54. The van der Waals surface area contributed by atoms with Crippen LogP contribution in [-0.4, -0.2) is 23.2 Å². The molecule has 1 aliphatic rings. The second-order valence-electron chi connectivity index (χ2n) is 5.96. The van der Waals surface area contributed by atoms with Gasteiger partial charge in [0.05, 0.1) is 12.3 Å². The molecule has 0 aromatic heterocycles. The number of hydrogen-bond acceptors (Lipinski definition) is 3. The molecule has 4 heteroatoms. The van der Waals surface area contributed by atoms with E-state index in [0.29, 0.717) is 12.3 Å². The summed E-state index contributed by atoms with van der Waals surface area (Å²) < 4.78 is 5.32. The molecule has 0 amide bonds. The van der Waals surface area contributed by atoms with Crippen LogP contribution in [0.5, 0.6) is 0 Å². The zero-order valence-corrected chi connectivity index (χ0v) is 15.8. The number of para-hydroxylation sites is 1. The maximum absolute atomic E-state index is 12.7. The molecule has 1 aliphatic heterocycles. The lowest BCUT2D eigenvalue weighted by Crippen LogP contribution is -2.24. The summed E-state index contributed by atoms with van der Waals surface area (Å²) in [6, 6.07) is 28.4. The summed E-state index contributed by atoms with van der Waals surface area (Å²) in [6.45, 7) is 2.14. The van der Waals surface area contributed by atoms with E-state index in [9.17, 15) is 4.79 Å². The van der Waals surface area contributed by atoms with Crippen LogP contribution in [0.15, 0.2) is 99.7 Å². The van der Waals surface area contributed by atoms with Crippen molar-refractivity contribution in [3.05, 3.63) is 90.5 Å². The first-order valence-electron chi connectivity index (χ1n) is 8.86. The van der Waals surface area contributed by atoms with Crippen LogP contribution in [0.4, 0.5) is 5.69 Å². The summed E-state index contributed by atoms with van der Waals surface area (Å²) in [7, 11) is -0.457. The van der Waals surface area contributed by atoms with E-state index in [2.05, 4.69) is 29.3 Å². The normalized spacial score (nSPS) is 12.7. The van der Waals surface area contributed by atoms with Gasteiger partial charge in [0.1, 0.15) is 0 Å². The smallest absolute Gasteiger partial charge is 0.358 e. The van der Waals surface area contributed by atoms with Crippen LogP contribution in [-0.2, 0) is 9.53 Å². The van der Waals surface area contributed by atoms with E-state index in [0.717, 1.165) is 25.9 Å². The summed E-state index contributed by atoms with van der Waals surface area (Å²) in [4.78, 5) is 20.6. The fourth-order valence-electron chi connectivity index (χ4n) is 3.09. The van der Waals surface area contributed by atoms with Gasteiger partial charge in [-0.2, -0.15) is 0 Å². The van der Waals surface area contributed by atoms with Gasteiger partial charge in [-0.25, -0.2) is 9.79 Å². The number of aliphatic imine (C=N–C) groups is 1. The number of carbonyl (C=O) groups is 1. The summed E-state index contributed by atoms with van der Waals surface area (Å²) in [6.07, 6.45) is 0. The van der Waals surface area contributed by atoms with Gasteiger partial charge in [0.15, 0.2) is 5.71 Å². The molecular formula is C23H19NO2S. The number of esters is 1. The standard InChI is InChI=1S/C23H19NO2S/c1-2-26-23(25)21-22(19-15-9-10-16-20(19)24-21)27(17-11-5-3-6-12-17)18-13-7-4-8-14-18/h3-16H,2H2,1H3. The molecule has 0 spiro atoms. The molecule has 0 radical (unpaired) electrons. The highest BCUT2D eigenvalue weighted by Crippen LogP contribution is 2.42. The Morgan fingerprint density at radius 3 is 2.00 bits per heavy atom. The van der Waals surface area contributed by atoms with Crippen molar-refractivity contribution in [2.75, 3.05) is 6.61 Å². The van der Waals surface area contributed by atoms with E-state index in [1.165, 1.54) is 0 Å². The van der Waals surface area contributed by atoms with Crippen molar-refractivity contribution in [1.82, 2.24) is 0 Å². The third kappa shape index (κ3) is 3.36. The molecule has 0 fully saturated rings. The summed E-state index contributed by atoms with van der Waals surface area (Å²) in [5.41, 5.74) is 2.23. The summed E-state index contributed by atoms with van der Waals surface area (Å²) >= 11 is 0. The molecule has 0 saturated carbocycles. The lowest BCUT2D eigenvalue weighted by atomic mass is 10.1. The van der Waals surface area contributed by atoms with Gasteiger partial charge in [-0.1, -0.05) is 54.6 Å². The fraction of sp³-hybridized carbons (Fsp3) is 0.0870. The quantitative estimate of drug-likeness (QED) is 0.463. The van der Waals surface area contributed by atoms with E-state index >= 15 is 0 Å². The van der Waals surface area contributed by atoms with E-state index in [1.807, 2.05) is 67.6 Å². The molecule has 0 unspecified atom stereocenters. The average molecular weight is 373 g/mol. The lowest BCUT2D eigenvalue weighted by Gasteiger charge is -2.16. The monoisotopic (exact) mass is 373 g/mol. The highest BCUT2D eigenvalue weighted by atomic mass is 32.2. The Kier molecular flexibility index (Phi) is 4.99. The van der Waals surface area contributed by atoms with Gasteiger partial charge < -0.3 is 4.74 Å². The number of rotatable bonds is 4. The molecule has 3 nitrogen and oxygen atoms in total. The van der Waals surface area contributed by atoms with Crippen LogP contribution in [0.3, 0.4) is 0 Å². The Bertz CT molecular complexity index is 999. The number of ether oxygens (including phenoxy) is 1. The van der Waals surface area contributed by atoms with Crippen LogP contribution in [0, 0.1) is 0 Å². The van der Waals surface area contributed by atoms with Gasteiger partial charge in [0.2, 0.25) is 0 Å². The van der Waals surface area contributed by atoms with E-state index in [4.69, 9.17) is 4.74 Å². The van der Waals surface area contributed by atoms with Gasteiger partial charge in [-0.05, 0) is 37.3 Å². The van der Waals surface area contributed by atoms with Gasteiger partial charge in [0.25, 0.3) is 0 Å². The highest BCUT2D eigenvalue weighted by Gasteiger charge is 2.30. The predicted molar refractivity (Wildman–Crippen MR) is 111 cm³/mol. The zero-order valence-electron chi connectivity index (χ0n) is 15.0. The van der Waals surface area contributed by atoms with Gasteiger partial charge in [-0.3, -0.25) is 0 Å². The maximum atomic E-state index is 12.7. The van der Waals surface area contributed by atoms with Crippen molar-refractivity contribution >= 4 is 32.7 Å². The summed E-state index contributed by atoms with van der Waals surface area (Å²) in [5.74, 6) is -0.368. The second kappa shape index (κ2) is 7.72. The minimum atomic E-state index is -0.457. The van der Waals surface area contributed by atoms with Gasteiger partial charge >= 0.3 is 5.97 Å². The van der Waals surface area contributed by atoms with E-state index in [1.54, 1.807) is 0 Å². The van der Waals surface area contributed by atoms with Gasteiger partial charge in [-0.15, -0.1) is 10.5 Å². The largest absolute Gasteiger partial charge is 0.461 e. The molecule has 27 heavy (non-hydrogen) atoms. The molecule has 0 bridgehead atoms. The number of nitrogens with zero attached hydrogens (tertiary/aromatic N) is 1. The van der Waals surface area contributed by atoms with Crippen LogP contribution in [0.25, 0.3) is 0 Å². The lowest BCUT2D eigenvalue weighted by molar-refractivity contribution is -0.134. The molecule has 3 aromatic carbocycles. The van der Waals surface area contributed by atoms with Crippen molar-refractivity contribution in [3.8, 4) is 0 Å². The highest BCUT2D eigenvalue weighted by molar-refractivity contribution is 8.17. The Hall–Kier alpha value is -2.98. The first-order chi connectivity index (χ1) is 13.3. The average Bonchev–Trinajstić information content (AvgIpc) is 3.10. The molecule has 134 valence electrons. The topological polar surface area (TPSA) is 38.7 Å². The molecule has 3 aromatic rings. The molecule has 1 heterocycles. The minimum Gasteiger partial charge on any atom is -0.461 e. The zero-order chi connectivity index (χ0) is 18.6. The molecule has 0 N–H and O–H groups in total. The minimum absolute atomic E-state index is 0.325. The Balaban J connectivity index is 2.04. The summed E-state index contributed by atoms with van der Waals surface area (Å²) in [5, 5.41) is 0. The first kappa shape index (κ1) is 17.4. The Morgan fingerprint density at radius 2 is 1.41 bits per heavy atom. The predicted octanol–water partition coefficient (Wildman–Crippen LogP) is 5.24. The first-order valence-corrected chi connectivity index (χ1v) is 10.1. The second-order valence-corrected chi connectivity index (χ2v) is 7.92. The van der Waals surface area contributed by atoms with Crippen LogP contribution in [0.1, 0.15) is 12.5 Å². The molecule has 0 aliphatic carbocycles. The van der Waals surface area contributed by atoms with Crippen LogP contribution in [0.2, 0.25) is 0 Å². The maximum Gasteiger partial charge on any atom is 0.358 e. The number of carbonyl (C=O) groups excluding carboxylic acids is 1. The van der Waals surface area contributed by atoms with Gasteiger partial charge in [0, 0.05) is 20.2 Å². The fourth-order valence-corrected chi connectivity index (χ4v) is 5.41. The van der Waals surface area contributed by atoms with Crippen LogP contribution >= 0.6 is 10.5 Å². The van der Waals surface area contributed by atoms with Crippen molar-refractivity contribution in [2.24, 2.45) is 4.99 Å². The SMILES string of the molecule is CCOC(=O)C1=Nc2ccccc2C1=S(c1ccccc1)c1ccccc1. The Morgan fingerprint density at radius 1 is 0.852 bits per heavy atom. The number of benzene rings is 3. The van der Waals surface area contributed by atoms with E-state index in [-0.39, 0.29) is 5.97 Å². The third-order valence-electron chi connectivity index (χ3n) is 4.23. The molecule has 4 rings (SSSR count). The number of fused-ring (bicyclic) bond motifs is 1.